The molecule has 1 atom stereocenters. The molecule has 1 saturated heterocycles. The SMILES string of the molecule is CC(C)(C)OC(=O)N1CCCC(c2cccc(N)n2)C1. The van der Waals surface area contributed by atoms with Crippen LogP contribution in [0.25, 0.3) is 0 Å². The van der Waals surface area contributed by atoms with Crippen LogP contribution in [-0.2, 0) is 4.74 Å². The number of carbonyl (C=O) groups excluding carboxylic acids is 1. The molecule has 2 N–H and O–H groups in total. The van der Waals surface area contributed by atoms with Crippen LogP contribution in [0.15, 0.2) is 18.2 Å². The fourth-order valence-electron chi connectivity index (χ4n) is 2.41. The summed E-state index contributed by atoms with van der Waals surface area (Å²) in [5, 5.41) is 0. The lowest BCUT2D eigenvalue weighted by atomic mass is 9.94. The van der Waals surface area contributed by atoms with Crippen molar-refractivity contribution in [1.29, 1.82) is 0 Å². The number of anilines is 1. The van der Waals surface area contributed by atoms with E-state index >= 15 is 0 Å². The zero-order chi connectivity index (χ0) is 14.8. The van der Waals surface area contributed by atoms with Crippen LogP contribution < -0.4 is 5.73 Å². The van der Waals surface area contributed by atoms with Crippen molar-refractivity contribution >= 4 is 11.9 Å². The minimum atomic E-state index is -0.459. The average Bonchev–Trinajstić information content (AvgIpc) is 2.37. The maximum Gasteiger partial charge on any atom is 0.410 e. The van der Waals surface area contributed by atoms with Crippen LogP contribution in [0.5, 0.6) is 0 Å². The fourth-order valence-corrected chi connectivity index (χ4v) is 2.41. The largest absolute Gasteiger partial charge is 0.444 e. The Bertz CT molecular complexity index is 482. The molecule has 1 fully saturated rings. The molecule has 0 saturated carbocycles. The second-order valence-corrected chi connectivity index (χ2v) is 6.25. The number of hydrogen-bond acceptors (Lipinski definition) is 4. The van der Waals surface area contributed by atoms with Crippen molar-refractivity contribution in [3.63, 3.8) is 0 Å². The van der Waals surface area contributed by atoms with E-state index in [0.717, 1.165) is 25.1 Å². The van der Waals surface area contributed by atoms with Gasteiger partial charge < -0.3 is 15.4 Å². The number of pyridine rings is 1. The van der Waals surface area contributed by atoms with E-state index in [9.17, 15) is 4.79 Å². The summed E-state index contributed by atoms with van der Waals surface area (Å²) in [7, 11) is 0. The summed E-state index contributed by atoms with van der Waals surface area (Å²) >= 11 is 0. The van der Waals surface area contributed by atoms with Gasteiger partial charge in [0.15, 0.2) is 0 Å². The van der Waals surface area contributed by atoms with Gasteiger partial charge in [0.05, 0.1) is 0 Å². The Kier molecular flexibility index (Phi) is 4.16. The first-order valence-corrected chi connectivity index (χ1v) is 7.05. The van der Waals surface area contributed by atoms with Gasteiger partial charge >= 0.3 is 6.09 Å². The average molecular weight is 277 g/mol. The number of nitrogens with two attached hydrogens (primary N) is 1. The lowest BCUT2D eigenvalue weighted by molar-refractivity contribution is 0.0197. The number of amides is 1. The van der Waals surface area contributed by atoms with Crippen molar-refractivity contribution in [1.82, 2.24) is 9.88 Å². The number of nitrogen functional groups attached to an aromatic ring is 1. The van der Waals surface area contributed by atoms with E-state index in [2.05, 4.69) is 4.98 Å². The molecule has 1 aromatic rings. The van der Waals surface area contributed by atoms with Crippen LogP contribution in [0.3, 0.4) is 0 Å². The zero-order valence-corrected chi connectivity index (χ0v) is 12.4. The van der Waals surface area contributed by atoms with Gasteiger partial charge in [0.1, 0.15) is 11.4 Å². The minimum Gasteiger partial charge on any atom is -0.444 e. The van der Waals surface area contributed by atoms with Gasteiger partial charge in [-0.1, -0.05) is 6.07 Å². The summed E-state index contributed by atoms with van der Waals surface area (Å²) in [4.78, 5) is 18.2. The normalized spacial score (nSPS) is 19.8. The Balaban J connectivity index is 2.03. The van der Waals surface area contributed by atoms with Crippen molar-refractivity contribution in [2.75, 3.05) is 18.8 Å². The van der Waals surface area contributed by atoms with E-state index in [-0.39, 0.29) is 12.0 Å². The molecule has 20 heavy (non-hydrogen) atoms. The predicted molar refractivity (Wildman–Crippen MR) is 78.4 cm³/mol. The number of aromatic nitrogens is 1. The van der Waals surface area contributed by atoms with Crippen LogP contribution in [0.4, 0.5) is 10.6 Å². The van der Waals surface area contributed by atoms with Crippen molar-refractivity contribution in [2.45, 2.75) is 45.1 Å². The summed E-state index contributed by atoms with van der Waals surface area (Å²) in [5.74, 6) is 0.761. The second kappa shape index (κ2) is 5.69. The number of carbonyl (C=O) groups is 1. The maximum absolute atomic E-state index is 12.1. The van der Waals surface area contributed by atoms with Crippen molar-refractivity contribution in [2.24, 2.45) is 0 Å². The van der Waals surface area contributed by atoms with Crippen molar-refractivity contribution in [3.8, 4) is 0 Å². The molecule has 1 aliphatic heterocycles. The molecule has 0 aliphatic carbocycles. The predicted octanol–water partition coefficient (Wildman–Crippen LogP) is 2.78. The minimum absolute atomic E-state index is 0.236. The third kappa shape index (κ3) is 3.85. The number of likely N-dealkylation sites (tertiary alicyclic amines) is 1. The van der Waals surface area contributed by atoms with Crippen LogP contribution in [0.1, 0.15) is 45.2 Å². The topological polar surface area (TPSA) is 68.5 Å². The molecule has 0 aromatic carbocycles. The molecule has 0 bridgehead atoms. The second-order valence-electron chi connectivity index (χ2n) is 6.25. The van der Waals surface area contributed by atoms with Crippen LogP contribution in [0, 0.1) is 0 Å². The highest BCUT2D eigenvalue weighted by Gasteiger charge is 2.28. The summed E-state index contributed by atoms with van der Waals surface area (Å²) < 4.78 is 5.43. The first kappa shape index (κ1) is 14.6. The Morgan fingerprint density at radius 3 is 2.85 bits per heavy atom. The van der Waals surface area contributed by atoms with Gasteiger partial charge in [0.2, 0.25) is 0 Å². The monoisotopic (exact) mass is 277 g/mol. The quantitative estimate of drug-likeness (QED) is 0.857. The Morgan fingerprint density at radius 1 is 1.45 bits per heavy atom. The molecule has 110 valence electrons. The molecule has 1 aliphatic rings. The van der Waals surface area contributed by atoms with E-state index in [1.54, 1.807) is 11.0 Å². The highest BCUT2D eigenvalue weighted by atomic mass is 16.6. The highest BCUT2D eigenvalue weighted by molar-refractivity contribution is 5.68. The molecule has 2 heterocycles. The zero-order valence-electron chi connectivity index (χ0n) is 12.4. The third-order valence-electron chi connectivity index (χ3n) is 3.28. The summed E-state index contributed by atoms with van der Waals surface area (Å²) in [5.41, 5.74) is 6.22. The number of ether oxygens (including phenoxy) is 1. The smallest absolute Gasteiger partial charge is 0.410 e. The van der Waals surface area contributed by atoms with Crippen LogP contribution in [-0.4, -0.2) is 34.7 Å². The molecule has 1 aromatic heterocycles. The van der Waals surface area contributed by atoms with E-state index in [1.165, 1.54) is 0 Å². The number of nitrogens with zero attached hydrogens (tertiary/aromatic N) is 2. The van der Waals surface area contributed by atoms with E-state index < -0.39 is 5.60 Å². The van der Waals surface area contributed by atoms with Crippen molar-refractivity contribution in [3.05, 3.63) is 23.9 Å². The summed E-state index contributed by atoms with van der Waals surface area (Å²) in [6.45, 7) is 7.03. The third-order valence-corrected chi connectivity index (χ3v) is 3.28. The molecule has 1 amide bonds. The molecule has 5 nitrogen and oxygen atoms in total. The molecule has 0 spiro atoms. The van der Waals surface area contributed by atoms with Gasteiger partial charge in [-0.25, -0.2) is 9.78 Å². The molecule has 0 radical (unpaired) electrons. The van der Waals surface area contributed by atoms with Crippen molar-refractivity contribution < 1.29 is 9.53 Å². The molecular weight excluding hydrogens is 254 g/mol. The van der Waals surface area contributed by atoms with E-state index in [4.69, 9.17) is 10.5 Å². The molecule has 5 heteroatoms. The van der Waals surface area contributed by atoms with Gasteiger partial charge in [0.25, 0.3) is 0 Å². The number of hydrogen-bond donors (Lipinski definition) is 1. The van der Waals surface area contributed by atoms with E-state index in [1.807, 2.05) is 32.9 Å². The van der Waals surface area contributed by atoms with Crippen LogP contribution >= 0.6 is 0 Å². The lowest BCUT2D eigenvalue weighted by Crippen LogP contribution is -2.42. The van der Waals surface area contributed by atoms with E-state index in [0.29, 0.717) is 12.4 Å². The number of piperidine rings is 1. The van der Waals surface area contributed by atoms with Gasteiger partial charge in [-0.15, -0.1) is 0 Å². The Hall–Kier alpha value is -1.78. The molecule has 2 rings (SSSR count). The van der Waals surface area contributed by atoms with Crippen LogP contribution in [0.2, 0.25) is 0 Å². The first-order chi connectivity index (χ1) is 9.35. The Morgan fingerprint density at radius 2 is 2.20 bits per heavy atom. The van der Waals surface area contributed by atoms with Gasteiger partial charge in [-0.05, 0) is 45.7 Å². The maximum atomic E-state index is 12.1. The number of rotatable bonds is 1. The molecular formula is C15H23N3O2. The fraction of sp³-hybridized carbons (Fsp3) is 0.600. The van der Waals surface area contributed by atoms with Gasteiger partial charge in [-0.3, -0.25) is 0 Å². The lowest BCUT2D eigenvalue weighted by Gasteiger charge is -2.33. The highest BCUT2D eigenvalue weighted by Crippen LogP contribution is 2.27. The summed E-state index contributed by atoms with van der Waals surface area (Å²) in [6, 6.07) is 5.65. The van der Waals surface area contributed by atoms with Gasteiger partial charge in [-0.2, -0.15) is 0 Å². The van der Waals surface area contributed by atoms with Gasteiger partial charge in [0, 0.05) is 24.7 Å². The summed E-state index contributed by atoms with van der Waals surface area (Å²) in [6.07, 6.45) is 1.74. The standard InChI is InChI=1S/C15H23N3O2/c1-15(2,3)20-14(19)18-9-5-6-11(10-18)12-7-4-8-13(16)17-12/h4,7-8,11H,5-6,9-10H2,1-3H3,(H2,16,17). The Labute approximate surface area is 120 Å². The first-order valence-electron chi connectivity index (χ1n) is 7.05. The molecule has 1 unspecified atom stereocenters.